The van der Waals surface area contributed by atoms with E-state index in [4.69, 9.17) is 9.97 Å². The molecule has 2 aliphatic rings. The molecule has 0 atom stereocenters. The summed E-state index contributed by atoms with van der Waals surface area (Å²) in [5.41, 5.74) is 2.83. The smallest absolute Gasteiger partial charge is 0.197 e. The molecular formula is C40H16F4N2O4S3. The summed E-state index contributed by atoms with van der Waals surface area (Å²) in [5.74, 6) is -6.26. The summed E-state index contributed by atoms with van der Waals surface area (Å²) in [6.45, 7) is 3.88. The zero-order chi connectivity index (χ0) is 36.8. The molecule has 10 rings (SSSR count). The number of nitrogens with zero attached hydrogens (tertiary/aromatic N) is 2. The minimum atomic E-state index is -1.05. The van der Waals surface area contributed by atoms with Crippen molar-refractivity contribution in [1.29, 1.82) is 0 Å². The molecule has 0 N–H and O–H groups in total. The zero-order valence-corrected chi connectivity index (χ0v) is 29.5. The Balaban J connectivity index is 1.03. The zero-order valence-electron chi connectivity index (χ0n) is 27.0. The summed E-state index contributed by atoms with van der Waals surface area (Å²) in [7, 11) is 0. The highest BCUT2D eigenvalue weighted by Gasteiger charge is 2.35. The van der Waals surface area contributed by atoms with Crippen LogP contribution in [0.4, 0.5) is 17.6 Å². The molecule has 0 aliphatic heterocycles. The van der Waals surface area contributed by atoms with Crippen molar-refractivity contribution in [2.24, 2.45) is 0 Å². The molecule has 0 spiro atoms. The quantitative estimate of drug-likeness (QED) is 0.0989. The largest absolute Gasteiger partial charge is 0.288 e. The highest BCUT2D eigenvalue weighted by Crippen LogP contribution is 2.46. The van der Waals surface area contributed by atoms with Gasteiger partial charge in [-0.2, -0.15) is 0 Å². The number of thiophene rings is 1. The first-order valence-corrected chi connectivity index (χ1v) is 18.4. The van der Waals surface area contributed by atoms with Crippen LogP contribution in [0, 0.1) is 37.1 Å². The van der Waals surface area contributed by atoms with Gasteiger partial charge in [0.15, 0.2) is 46.4 Å². The number of fused-ring (bicyclic) bond motifs is 8. The fourth-order valence-corrected chi connectivity index (χ4v) is 10.8. The van der Waals surface area contributed by atoms with Crippen LogP contribution < -0.4 is 0 Å². The second kappa shape index (κ2) is 10.9. The Morgan fingerprint density at radius 2 is 0.887 bits per heavy atom. The number of allylic oxidation sites excluding steroid dienone is 2. The summed E-state index contributed by atoms with van der Waals surface area (Å²) in [6, 6.07) is 9.61. The van der Waals surface area contributed by atoms with Crippen molar-refractivity contribution in [3.8, 4) is 0 Å². The summed E-state index contributed by atoms with van der Waals surface area (Å²) < 4.78 is 58.2. The Morgan fingerprint density at radius 1 is 0.491 bits per heavy atom. The van der Waals surface area contributed by atoms with Crippen molar-refractivity contribution in [3.63, 3.8) is 0 Å². The number of benzene rings is 5. The molecule has 3 aromatic heterocycles. The second-order valence-electron chi connectivity index (χ2n) is 12.9. The number of hydrogen-bond donors (Lipinski definition) is 0. The van der Waals surface area contributed by atoms with Crippen LogP contribution in [0.5, 0.6) is 0 Å². The van der Waals surface area contributed by atoms with E-state index in [0.717, 1.165) is 54.9 Å². The highest BCUT2D eigenvalue weighted by atomic mass is 32.1. The molecule has 256 valence electrons. The average molecular weight is 761 g/mol. The minimum Gasteiger partial charge on any atom is -0.288 e. The maximum atomic E-state index is 13.9. The van der Waals surface area contributed by atoms with E-state index in [1.807, 2.05) is 13.8 Å². The van der Waals surface area contributed by atoms with Crippen molar-refractivity contribution in [3.05, 3.63) is 126 Å². The molecule has 5 aromatic carbocycles. The topological polar surface area (TPSA) is 94.1 Å². The molecule has 13 heteroatoms. The van der Waals surface area contributed by atoms with E-state index in [1.54, 1.807) is 0 Å². The number of aromatic nitrogens is 2. The average Bonchev–Trinajstić information content (AvgIpc) is 3.91. The van der Waals surface area contributed by atoms with E-state index in [1.165, 1.54) is 70.4 Å². The van der Waals surface area contributed by atoms with Crippen LogP contribution in [-0.2, 0) is 0 Å². The van der Waals surface area contributed by atoms with Gasteiger partial charge in [-0.05, 0) is 107 Å². The second-order valence-corrected chi connectivity index (χ2v) is 16.0. The van der Waals surface area contributed by atoms with E-state index in [0.29, 0.717) is 41.9 Å². The van der Waals surface area contributed by atoms with Gasteiger partial charge in [-0.3, -0.25) is 19.2 Å². The molecule has 0 saturated carbocycles. The maximum absolute atomic E-state index is 13.9. The van der Waals surface area contributed by atoms with Crippen molar-refractivity contribution < 1.29 is 36.7 Å². The summed E-state index contributed by atoms with van der Waals surface area (Å²) in [5, 5.41) is 3.05. The third-order valence-corrected chi connectivity index (χ3v) is 13.3. The summed E-state index contributed by atoms with van der Waals surface area (Å²) in [4.78, 5) is 63.8. The van der Waals surface area contributed by atoms with Crippen molar-refractivity contribution >= 4 is 121 Å². The van der Waals surface area contributed by atoms with Gasteiger partial charge in [0, 0.05) is 32.3 Å². The first kappa shape index (κ1) is 31.9. The Morgan fingerprint density at radius 3 is 1.32 bits per heavy atom. The molecular weight excluding hydrogens is 745 g/mol. The molecule has 0 fully saturated rings. The van der Waals surface area contributed by atoms with Gasteiger partial charge < -0.3 is 0 Å². The number of rotatable bonds is 2. The van der Waals surface area contributed by atoms with Crippen molar-refractivity contribution in [2.45, 2.75) is 13.8 Å². The van der Waals surface area contributed by atoms with Gasteiger partial charge in [-0.25, -0.2) is 27.5 Å². The molecule has 6 nitrogen and oxygen atoms in total. The number of thiazole rings is 2. The molecule has 3 heterocycles. The number of carbonyl (C=O) groups excluding carboxylic acids is 4. The highest BCUT2D eigenvalue weighted by molar-refractivity contribution is 7.32. The van der Waals surface area contributed by atoms with Gasteiger partial charge in [-0.1, -0.05) is 0 Å². The van der Waals surface area contributed by atoms with Gasteiger partial charge in [0.2, 0.25) is 0 Å². The summed E-state index contributed by atoms with van der Waals surface area (Å²) in [6.07, 6.45) is 2.92. The number of carbonyl (C=O) groups is 4. The van der Waals surface area contributed by atoms with Crippen LogP contribution in [0.15, 0.2) is 59.7 Å². The van der Waals surface area contributed by atoms with Crippen LogP contribution in [-0.4, -0.2) is 33.1 Å². The summed E-state index contributed by atoms with van der Waals surface area (Å²) >= 11 is 4.09. The molecule has 0 amide bonds. The number of Topliss-reactive ketones (excluding diaryl/α,β-unsaturated/α-hetero) is 4. The number of hydrogen-bond acceptors (Lipinski definition) is 9. The van der Waals surface area contributed by atoms with E-state index in [2.05, 4.69) is 0 Å². The van der Waals surface area contributed by atoms with Crippen molar-refractivity contribution in [2.75, 3.05) is 0 Å². The van der Waals surface area contributed by atoms with Gasteiger partial charge in [-0.15, -0.1) is 34.0 Å². The minimum absolute atomic E-state index is 0.0806. The normalized spacial score (nSPS) is 14.3. The van der Waals surface area contributed by atoms with Gasteiger partial charge in [0.25, 0.3) is 0 Å². The Kier molecular flexibility index (Phi) is 6.56. The van der Waals surface area contributed by atoms with E-state index in [-0.39, 0.29) is 33.4 Å². The van der Waals surface area contributed by atoms with Crippen LogP contribution in [0.3, 0.4) is 0 Å². The maximum Gasteiger partial charge on any atom is 0.197 e. The predicted molar refractivity (Wildman–Crippen MR) is 199 cm³/mol. The molecule has 0 radical (unpaired) electrons. The number of aryl methyl sites for hydroxylation is 2. The first-order valence-electron chi connectivity index (χ1n) is 16.0. The third kappa shape index (κ3) is 4.47. The lowest BCUT2D eigenvalue weighted by molar-refractivity contribution is 0.0975. The number of ketones is 4. The molecule has 0 saturated heterocycles. The first-order chi connectivity index (χ1) is 25.4. The van der Waals surface area contributed by atoms with Crippen LogP contribution in [0.25, 0.3) is 63.5 Å². The van der Waals surface area contributed by atoms with Crippen LogP contribution in [0.2, 0.25) is 0 Å². The third-order valence-electron chi connectivity index (χ3n) is 9.84. The van der Waals surface area contributed by atoms with Gasteiger partial charge in [0.05, 0.1) is 26.1 Å². The monoisotopic (exact) mass is 760 g/mol. The Labute approximate surface area is 306 Å². The van der Waals surface area contributed by atoms with Gasteiger partial charge >= 0.3 is 0 Å². The lowest BCUT2D eigenvalue weighted by Gasteiger charge is -2.02. The molecule has 0 unspecified atom stereocenters. The Bertz CT molecular complexity index is 3100. The van der Waals surface area contributed by atoms with E-state index in [9.17, 15) is 36.7 Å². The fourth-order valence-electron chi connectivity index (χ4n) is 7.23. The van der Waals surface area contributed by atoms with Crippen LogP contribution >= 0.6 is 34.0 Å². The SMILES string of the molecule is Cc1c2nc(C=C3C(=O)c4cc5cc(F)c(F)cc5cc4C3=O)sc2c(C)c2c1sc1nc(C=C3C(=O)c4cc5cc(F)c(F)cc5cc4C3=O)sc12. The van der Waals surface area contributed by atoms with E-state index < -0.39 is 46.4 Å². The molecule has 8 aromatic rings. The fraction of sp³-hybridized carbons (Fsp3) is 0.0500. The lowest BCUT2D eigenvalue weighted by Crippen LogP contribution is -2.00. The predicted octanol–water partition coefficient (Wildman–Crippen LogP) is 10.5. The van der Waals surface area contributed by atoms with Crippen LogP contribution in [0.1, 0.15) is 62.6 Å². The standard InChI is InChI=1S/C40H16F4N2O4S3/c1-13-31-37(53-40-39(31)52-30(46-40)12-24-35(49)21-5-17-9-27(43)28(44)10-18(17)6-22(21)36(24)50)14(2)32-38(13)51-29(45-32)11-23-33(47)19-3-15-7-25(41)26(42)8-16(15)4-20(19)34(23)48/h3-12H,1-2H3. The molecule has 2 aliphatic carbocycles. The van der Waals surface area contributed by atoms with Gasteiger partial charge in [0.1, 0.15) is 14.8 Å². The molecule has 53 heavy (non-hydrogen) atoms. The molecule has 0 bridgehead atoms. The Hall–Kier alpha value is -5.76. The number of halogens is 4. The van der Waals surface area contributed by atoms with Crippen molar-refractivity contribution in [1.82, 2.24) is 9.97 Å². The van der Waals surface area contributed by atoms with E-state index >= 15 is 0 Å². The lowest BCUT2D eigenvalue weighted by atomic mass is 10.0.